The molecule has 0 fully saturated rings. The maximum absolute atomic E-state index is 12.3. The summed E-state index contributed by atoms with van der Waals surface area (Å²) in [5.74, 6) is 0.243. The van der Waals surface area contributed by atoms with Crippen LogP contribution in [0, 0.1) is 17.0 Å². The van der Waals surface area contributed by atoms with E-state index in [2.05, 4.69) is 31.4 Å². The molecule has 1 aromatic heterocycles. The zero-order valence-electron chi connectivity index (χ0n) is 15.4. The minimum Gasteiger partial charge on any atom is -0.507 e. The van der Waals surface area contributed by atoms with E-state index in [-0.39, 0.29) is 23.1 Å². The Labute approximate surface area is 178 Å². The average molecular weight is 478 g/mol. The number of carbonyl (C=O) groups is 1. The van der Waals surface area contributed by atoms with Crippen molar-refractivity contribution in [3.63, 3.8) is 0 Å². The molecule has 2 N–H and O–H groups in total. The Hall–Kier alpha value is -2.92. The Morgan fingerprint density at radius 3 is 2.79 bits per heavy atom. The first-order valence-electron chi connectivity index (χ1n) is 8.32. The Kier molecular flexibility index (Phi) is 6.18. The number of thioether (sulfide) groups is 1. The predicted molar refractivity (Wildman–Crippen MR) is 113 cm³/mol. The topological polar surface area (TPSA) is 123 Å². The number of phenolic OH excluding ortho intramolecular Hbond substituents is 1. The van der Waals surface area contributed by atoms with Crippen LogP contribution < -0.4 is 5.32 Å². The van der Waals surface area contributed by atoms with Crippen LogP contribution in [-0.2, 0) is 11.8 Å². The van der Waals surface area contributed by atoms with Crippen molar-refractivity contribution < 1.29 is 14.8 Å². The Morgan fingerprint density at radius 2 is 2.07 bits per heavy atom. The van der Waals surface area contributed by atoms with Gasteiger partial charge in [0.15, 0.2) is 11.0 Å². The minimum atomic E-state index is -0.512. The van der Waals surface area contributed by atoms with E-state index in [0.717, 1.165) is 10.0 Å². The maximum Gasteiger partial charge on any atom is 0.271 e. The van der Waals surface area contributed by atoms with Crippen molar-refractivity contribution >= 4 is 45.0 Å². The van der Waals surface area contributed by atoms with Crippen molar-refractivity contribution in [3.8, 4) is 17.1 Å². The monoisotopic (exact) mass is 477 g/mol. The first-order chi connectivity index (χ1) is 13.8. The molecule has 0 aliphatic rings. The van der Waals surface area contributed by atoms with Crippen LogP contribution in [0.3, 0.4) is 0 Å². The van der Waals surface area contributed by atoms with E-state index in [0.29, 0.717) is 22.2 Å². The number of carbonyl (C=O) groups excluding carboxylic acids is 1. The zero-order chi connectivity index (χ0) is 21.1. The summed E-state index contributed by atoms with van der Waals surface area (Å²) in [7, 11) is 1.74. The molecule has 3 rings (SSSR count). The summed E-state index contributed by atoms with van der Waals surface area (Å²) in [5, 5.41) is 32.3. The van der Waals surface area contributed by atoms with Crippen molar-refractivity contribution in [3.05, 3.63) is 56.5 Å². The molecular weight excluding hydrogens is 462 g/mol. The molecule has 9 nitrogen and oxygen atoms in total. The van der Waals surface area contributed by atoms with Gasteiger partial charge in [0.1, 0.15) is 5.75 Å². The number of aromatic hydroxyl groups is 1. The van der Waals surface area contributed by atoms with Gasteiger partial charge < -0.3 is 15.0 Å². The van der Waals surface area contributed by atoms with Crippen molar-refractivity contribution in [2.75, 3.05) is 11.1 Å². The third-order valence-electron chi connectivity index (χ3n) is 4.07. The van der Waals surface area contributed by atoms with Crippen molar-refractivity contribution in [1.82, 2.24) is 14.8 Å². The quantitative estimate of drug-likeness (QED) is 0.313. The number of hydrogen-bond donors (Lipinski definition) is 2. The van der Waals surface area contributed by atoms with Gasteiger partial charge in [0.25, 0.3) is 5.69 Å². The fraction of sp³-hybridized carbons (Fsp3) is 0.167. The summed E-state index contributed by atoms with van der Waals surface area (Å²) in [6.07, 6.45) is 0. The van der Waals surface area contributed by atoms with Crippen LogP contribution in [0.4, 0.5) is 11.4 Å². The highest BCUT2D eigenvalue weighted by atomic mass is 79.9. The molecule has 0 bridgehead atoms. The minimum absolute atomic E-state index is 0.0402. The van der Waals surface area contributed by atoms with Gasteiger partial charge in [0, 0.05) is 23.7 Å². The smallest absolute Gasteiger partial charge is 0.271 e. The van der Waals surface area contributed by atoms with Crippen molar-refractivity contribution in [2.45, 2.75) is 12.1 Å². The normalized spacial score (nSPS) is 10.7. The third-order valence-corrected chi connectivity index (χ3v) is 5.59. The molecule has 0 saturated carbocycles. The summed E-state index contributed by atoms with van der Waals surface area (Å²) in [6.45, 7) is 1.76. The number of rotatable bonds is 6. The molecule has 1 heterocycles. The number of nitrogens with one attached hydrogen (secondary N) is 1. The molecule has 0 aliphatic heterocycles. The van der Waals surface area contributed by atoms with Gasteiger partial charge in [0.2, 0.25) is 5.91 Å². The molecule has 3 aromatic rings. The number of amides is 1. The van der Waals surface area contributed by atoms with Gasteiger partial charge >= 0.3 is 0 Å². The van der Waals surface area contributed by atoms with Crippen LogP contribution in [0.25, 0.3) is 11.4 Å². The van der Waals surface area contributed by atoms with Crippen molar-refractivity contribution in [2.24, 2.45) is 7.05 Å². The van der Waals surface area contributed by atoms with E-state index in [1.54, 1.807) is 42.8 Å². The van der Waals surface area contributed by atoms with Crippen LogP contribution in [0.2, 0.25) is 0 Å². The highest BCUT2D eigenvalue weighted by molar-refractivity contribution is 9.10. The highest BCUT2D eigenvalue weighted by Crippen LogP contribution is 2.32. The Morgan fingerprint density at radius 1 is 1.31 bits per heavy atom. The second-order valence-corrected chi connectivity index (χ2v) is 7.98. The number of hydrogen-bond acceptors (Lipinski definition) is 7. The van der Waals surface area contributed by atoms with E-state index in [1.807, 2.05) is 0 Å². The molecule has 0 aliphatic carbocycles. The lowest BCUT2D eigenvalue weighted by molar-refractivity contribution is -0.384. The first kappa shape index (κ1) is 20.8. The number of phenols is 1. The fourth-order valence-electron chi connectivity index (χ4n) is 2.54. The van der Waals surface area contributed by atoms with E-state index in [1.165, 1.54) is 23.9 Å². The fourth-order valence-corrected chi connectivity index (χ4v) is 3.61. The molecule has 150 valence electrons. The summed E-state index contributed by atoms with van der Waals surface area (Å²) < 4.78 is 2.46. The Bertz CT molecular complexity index is 1100. The number of aryl methyl sites for hydroxylation is 1. The molecule has 0 radical (unpaired) electrons. The summed E-state index contributed by atoms with van der Waals surface area (Å²) in [6, 6.07) is 9.29. The molecular formula is C18H16BrN5O4S. The van der Waals surface area contributed by atoms with Crippen LogP contribution in [-0.4, -0.2) is 36.5 Å². The summed E-state index contributed by atoms with van der Waals surface area (Å²) >= 11 is 4.52. The number of anilines is 1. The molecule has 0 atom stereocenters. The first-order valence-corrected chi connectivity index (χ1v) is 10.1. The second kappa shape index (κ2) is 8.62. The average Bonchev–Trinajstić information content (AvgIpc) is 3.04. The van der Waals surface area contributed by atoms with Gasteiger partial charge in [-0.1, -0.05) is 33.8 Å². The van der Waals surface area contributed by atoms with Gasteiger partial charge in [-0.05, 0) is 30.7 Å². The van der Waals surface area contributed by atoms with Gasteiger partial charge in [-0.3, -0.25) is 14.9 Å². The van der Waals surface area contributed by atoms with Crippen LogP contribution in [0.15, 0.2) is 46.0 Å². The lowest BCUT2D eigenvalue weighted by atomic mass is 10.2. The Balaban J connectivity index is 1.70. The largest absolute Gasteiger partial charge is 0.507 e. The summed E-state index contributed by atoms with van der Waals surface area (Å²) in [4.78, 5) is 22.7. The van der Waals surface area contributed by atoms with Gasteiger partial charge in [-0.2, -0.15) is 0 Å². The van der Waals surface area contributed by atoms with Crippen LogP contribution in [0.5, 0.6) is 5.75 Å². The van der Waals surface area contributed by atoms with E-state index >= 15 is 0 Å². The van der Waals surface area contributed by atoms with E-state index < -0.39 is 4.92 Å². The number of halogens is 1. The maximum atomic E-state index is 12.3. The lowest BCUT2D eigenvalue weighted by Gasteiger charge is -2.08. The number of nitro groups is 1. The SMILES string of the molecule is Cc1ccc([N+](=O)[O-])cc1NC(=O)CSc1nnc(-c2cc(Br)ccc2O)n1C. The molecule has 2 aromatic carbocycles. The van der Waals surface area contributed by atoms with Crippen LogP contribution >= 0.6 is 27.7 Å². The standard InChI is InChI=1S/C18H16BrN5O4S/c1-10-3-5-12(24(27)28)8-14(10)20-16(26)9-29-18-22-21-17(23(18)2)13-7-11(19)4-6-15(13)25/h3-8,25H,9H2,1-2H3,(H,20,26). The zero-order valence-corrected chi connectivity index (χ0v) is 17.8. The number of non-ortho nitro benzene ring substituents is 1. The molecule has 1 amide bonds. The van der Waals surface area contributed by atoms with Gasteiger partial charge in [0.05, 0.1) is 21.9 Å². The van der Waals surface area contributed by atoms with E-state index in [9.17, 15) is 20.0 Å². The third kappa shape index (κ3) is 4.74. The number of nitrogens with zero attached hydrogens (tertiary/aromatic N) is 4. The molecule has 29 heavy (non-hydrogen) atoms. The highest BCUT2D eigenvalue weighted by Gasteiger charge is 2.17. The number of benzene rings is 2. The summed E-state index contributed by atoms with van der Waals surface area (Å²) in [5.41, 5.74) is 1.53. The number of nitro benzene ring substituents is 1. The molecule has 0 spiro atoms. The van der Waals surface area contributed by atoms with Crippen molar-refractivity contribution in [1.29, 1.82) is 0 Å². The second-order valence-electron chi connectivity index (χ2n) is 6.12. The van der Waals surface area contributed by atoms with Gasteiger partial charge in [-0.15, -0.1) is 10.2 Å². The number of aromatic nitrogens is 3. The predicted octanol–water partition coefficient (Wildman–Crippen LogP) is 3.90. The van der Waals surface area contributed by atoms with Gasteiger partial charge in [-0.25, -0.2) is 0 Å². The molecule has 11 heteroatoms. The van der Waals surface area contributed by atoms with E-state index in [4.69, 9.17) is 0 Å². The molecule has 0 saturated heterocycles. The lowest BCUT2D eigenvalue weighted by Crippen LogP contribution is -2.15. The molecule has 0 unspecified atom stereocenters. The van der Waals surface area contributed by atoms with Crippen LogP contribution in [0.1, 0.15) is 5.56 Å².